The van der Waals surface area contributed by atoms with Crippen molar-refractivity contribution in [3.05, 3.63) is 18.0 Å². The Morgan fingerprint density at radius 3 is 2.43 bits per heavy atom. The van der Waals surface area contributed by atoms with E-state index in [2.05, 4.69) is 4.72 Å². The van der Waals surface area contributed by atoms with E-state index in [1.165, 1.54) is 16.8 Å². The molecule has 7 nitrogen and oxygen atoms in total. The van der Waals surface area contributed by atoms with Crippen LogP contribution in [0.3, 0.4) is 0 Å². The number of hydrogen-bond donors (Lipinski definition) is 3. The summed E-state index contributed by atoms with van der Waals surface area (Å²) < 4.78 is 28.9. The molecule has 0 spiro atoms. The van der Waals surface area contributed by atoms with Gasteiger partial charge in [0.05, 0.1) is 0 Å². The van der Waals surface area contributed by atoms with Crippen LogP contribution in [0.5, 0.6) is 0 Å². The van der Waals surface area contributed by atoms with Crippen LogP contribution in [0.2, 0.25) is 0 Å². The highest BCUT2D eigenvalue weighted by Gasteiger charge is 2.37. The lowest BCUT2D eigenvalue weighted by Crippen LogP contribution is -2.51. The highest BCUT2D eigenvalue weighted by Crippen LogP contribution is 2.30. The van der Waals surface area contributed by atoms with E-state index in [0.29, 0.717) is 0 Å². The average molecular weight is 337 g/mol. The van der Waals surface area contributed by atoms with Crippen LogP contribution in [0, 0.1) is 0 Å². The van der Waals surface area contributed by atoms with E-state index in [1.54, 1.807) is 7.05 Å². The molecule has 0 saturated heterocycles. The highest BCUT2D eigenvalue weighted by atomic mass is 35.5. The molecule has 1 aromatic rings. The van der Waals surface area contributed by atoms with Crippen molar-refractivity contribution in [2.24, 2.45) is 18.5 Å². The summed E-state index contributed by atoms with van der Waals surface area (Å²) in [6, 6.07) is 1.28. The number of aryl methyl sites for hydroxylation is 1. The summed E-state index contributed by atoms with van der Waals surface area (Å²) in [6.45, 7) is 0.266. The Hall–Kier alpha value is -1.09. The molecule has 5 N–H and O–H groups in total. The van der Waals surface area contributed by atoms with Crippen LogP contribution in [0.1, 0.15) is 36.2 Å². The number of halogens is 1. The first kappa shape index (κ1) is 18.0. The molecule has 0 aromatic carbocycles. The van der Waals surface area contributed by atoms with Crippen LogP contribution >= 0.6 is 12.4 Å². The topological polar surface area (TPSA) is 120 Å². The summed E-state index contributed by atoms with van der Waals surface area (Å²) in [5.41, 5.74) is 10.5. The molecule has 0 bridgehead atoms. The lowest BCUT2D eigenvalue weighted by atomic mass is 10.0. The molecular weight excluding hydrogens is 316 g/mol. The maximum Gasteiger partial charge on any atom is 0.265 e. The molecule has 1 aliphatic rings. The molecule has 1 heterocycles. The van der Waals surface area contributed by atoms with Crippen molar-refractivity contribution in [2.45, 2.75) is 36.1 Å². The van der Waals surface area contributed by atoms with E-state index < -0.39 is 21.5 Å². The third-order valence-corrected chi connectivity index (χ3v) is 5.39. The molecule has 0 atom stereocenters. The second-order valence-electron chi connectivity index (χ2n) is 5.33. The Bertz CT molecular complexity index is 620. The largest absolute Gasteiger partial charge is 0.364 e. The fraction of sp³-hybridized carbons (Fsp3) is 0.583. The van der Waals surface area contributed by atoms with E-state index in [1.807, 2.05) is 0 Å². The van der Waals surface area contributed by atoms with Gasteiger partial charge in [-0.2, -0.15) is 0 Å². The average Bonchev–Trinajstić information content (AvgIpc) is 2.96. The number of aromatic nitrogens is 1. The molecule has 2 rings (SSSR count). The third-order valence-electron chi connectivity index (χ3n) is 3.84. The van der Waals surface area contributed by atoms with Crippen molar-refractivity contribution >= 4 is 28.3 Å². The van der Waals surface area contributed by atoms with Crippen molar-refractivity contribution < 1.29 is 13.2 Å². The van der Waals surface area contributed by atoms with Crippen LogP contribution in [0.25, 0.3) is 0 Å². The van der Waals surface area contributed by atoms with Crippen LogP contribution in [-0.4, -0.2) is 31.0 Å². The Balaban J connectivity index is 0.00000220. The second-order valence-corrected chi connectivity index (χ2v) is 7.02. The number of amides is 1. The van der Waals surface area contributed by atoms with Gasteiger partial charge in [-0.25, -0.2) is 13.1 Å². The fourth-order valence-corrected chi connectivity index (χ4v) is 4.21. The molecule has 1 saturated carbocycles. The summed E-state index contributed by atoms with van der Waals surface area (Å²) >= 11 is 0. The van der Waals surface area contributed by atoms with Gasteiger partial charge >= 0.3 is 0 Å². The van der Waals surface area contributed by atoms with E-state index >= 15 is 0 Å². The predicted molar refractivity (Wildman–Crippen MR) is 81.8 cm³/mol. The lowest BCUT2D eigenvalue weighted by Gasteiger charge is -2.27. The summed E-state index contributed by atoms with van der Waals surface area (Å²) in [4.78, 5) is 11.2. The minimum atomic E-state index is -3.71. The highest BCUT2D eigenvalue weighted by molar-refractivity contribution is 7.89. The molecule has 1 aliphatic carbocycles. The first-order valence-corrected chi connectivity index (χ1v) is 7.98. The summed E-state index contributed by atoms with van der Waals surface area (Å²) in [5, 5.41) is 0. The number of nitrogens with zero attached hydrogens (tertiary/aromatic N) is 1. The van der Waals surface area contributed by atoms with Crippen molar-refractivity contribution in [3.8, 4) is 0 Å². The first-order valence-electron chi connectivity index (χ1n) is 6.50. The van der Waals surface area contributed by atoms with Crippen LogP contribution in [0.15, 0.2) is 17.2 Å². The quantitative estimate of drug-likeness (QED) is 0.706. The standard InChI is InChI=1S/C12H20N4O3S.ClH/c1-16-7-9(6-10(16)11(14)17)20(18,19)15-12(8-13)4-2-3-5-12;/h6-7,15H,2-5,8,13H2,1H3,(H2,14,17);1H. The van der Waals surface area contributed by atoms with Crippen molar-refractivity contribution in [3.63, 3.8) is 0 Å². The van der Waals surface area contributed by atoms with Crippen LogP contribution in [-0.2, 0) is 17.1 Å². The van der Waals surface area contributed by atoms with E-state index in [-0.39, 0.29) is 29.5 Å². The van der Waals surface area contributed by atoms with Gasteiger partial charge in [0, 0.05) is 25.3 Å². The lowest BCUT2D eigenvalue weighted by molar-refractivity contribution is 0.0992. The number of carbonyl (C=O) groups is 1. The van der Waals surface area contributed by atoms with Crippen molar-refractivity contribution in [1.29, 1.82) is 0 Å². The van der Waals surface area contributed by atoms with Gasteiger partial charge in [-0.1, -0.05) is 12.8 Å². The van der Waals surface area contributed by atoms with Gasteiger partial charge in [0.25, 0.3) is 5.91 Å². The molecule has 0 radical (unpaired) electrons. The molecule has 9 heteroatoms. The first-order chi connectivity index (χ1) is 9.30. The van der Waals surface area contributed by atoms with Crippen LogP contribution < -0.4 is 16.2 Å². The van der Waals surface area contributed by atoms with Crippen molar-refractivity contribution in [1.82, 2.24) is 9.29 Å². The SMILES string of the molecule is Cl.Cn1cc(S(=O)(=O)NC2(CN)CCCC2)cc1C(N)=O. The number of sulfonamides is 1. The van der Waals surface area contributed by atoms with E-state index in [0.717, 1.165) is 25.7 Å². The number of primary amides is 1. The number of carbonyl (C=O) groups excluding carboxylic acids is 1. The minimum absolute atomic E-state index is 0. The van der Waals surface area contributed by atoms with Gasteiger partial charge in [-0.05, 0) is 18.9 Å². The summed E-state index contributed by atoms with van der Waals surface area (Å²) in [7, 11) is -2.13. The molecule has 1 aromatic heterocycles. The van der Waals surface area contributed by atoms with Gasteiger partial charge in [-0.15, -0.1) is 12.4 Å². The van der Waals surface area contributed by atoms with E-state index in [9.17, 15) is 13.2 Å². The number of hydrogen-bond acceptors (Lipinski definition) is 4. The maximum absolute atomic E-state index is 12.4. The Morgan fingerprint density at radius 1 is 1.43 bits per heavy atom. The summed E-state index contributed by atoms with van der Waals surface area (Å²) in [5.74, 6) is -0.664. The van der Waals surface area contributed by atoms with Gasteiger partial charge < -0.3 is 16.0 Å². The van der Waals surface area contributed by atoms with Crippen LogP contribution in [0.4, 0.5) is 0 Å². The van der Waals surface area contributed by atoms with Crippen molar-refractivity contribution in [2.75, 3.05) is 6.54 Å². The maximum atomic E-state index is 12.4. The monoisotopic (exact) mass is 336 g/mol. The molecule has 1 amide bonds. The van der Waals surface area contributed by atoms with E-state index in [4.69, 9.17) is 11.5 Å². The molecule has 21 heavy (non-hydrogen) atoms. The number of nitrogens with two attached hydrogens (primary N) is 2. The number of rotatable bonds is 5. The predicted octanol–water partition coefficient (Wildman–Crippen LogP) is 0.0956. The normalized spacial score (nSPS) is 17.4. The van der Waals surface area contributed by atoms with Gasteiger partial charge in [0.2, 0.25) is 10.0 Å². The second kappa shape index (κ2) is 6.35. The zero-order valence-electron chi connectivity index (χ0n) is 11.8. The van der Waals surface area contributed by atoms with Gasteiger partial charge in [-0.3, -0.25) is 4.79 Å². The minimum Gasteiger partial charge on any atom is -0.364 e. The summed E-state index contributed by atoms with van der Waals surface area (Å²) in [6.07, 6.45) is 4.76. The molecule has 0 aliphatic heterocycles. The number of nitrogens with one attached hydrogen (secondary N) is 1. The Labute approximate surface area is 130 Å². The zero-order valence-corrected chi connectivity index (χ0v) is 13.5. The molecule has 0 unspecified atom stereocenters. The smallest absolute Gasteiger partial charge is 0.265 e. The third kappa shape index (κ3) is 3.57. The Kier molecular flexibility index (Phi) is 5.43. The Morgan fingerprint density at radius 2 is 2.00 bits per heavy atom. The zero-order chi connectivity index (χ0) is 15.0. The van der Waals surface area contributed by atoms with Gasteiger partial charge in [0.15, 0.2) is 0 Å². The fourth-order valence-electron chi connectivity index (χ4n) is 2.67. The molecule has 1 fully saturated rings. The molecule has 120 valence electrons. The van der Waals surface area contributed by atoms with Gasteiger partial charge in [0.1, 0.15) is 10.6 Å². The molecular formula is C12H21ClN4O3S.